The second-order valence-electron chi connectivity index (χ2n) is 7.59. The molecule has 0 spiro atoms. The molecule has 1 saturated heterocycles. The number of aromatic nitrogens is 1. The normalized spacial score (nSPS) is 13.7. The standard InChI is InChI=1S/C24H24FN3O2/c1-16-14-22(17(2)28(16)21-11-7-19(25)8-12-21)24(30)26-15-18-5-9-20(10-6-18)27-13-3-4-23(27)29/h5-12,14H,3-4,13,15H2,1-2H3,(H,26,30). The summed E-state index contributed by atoms with van der Waals surface area (Å²) in [4.78, 5) is 26.4. The summed E-state index contributed by atoms with van der Waals surface area (Å²) in [7, 11) is 0. The fourth-order valence-electron chi connectivity index (χ4n) is 3.97. The van der Waals surface area contributed by atoms with Crippen molar-refractivity contribution in [2.45, 2.75) is 33.2 Å². The third-order valence-corrected chi connectivity index (χ3v) is 5.54. The van der Waals surface area contributed by atoms with E-state index < -0.39 is 0 Å². The van der Waals surface area contributed by atoms with Crippen LogP contribution in [0.5, 0.6) is 0 Å². The van der Waals surface area contributed by atoms with Crippen LogP contribution in [0.25, 0.3) is 5.69 Å². The largest absolute Gasteiger partial charge is 0.348 e. The molecule has 4 rings (SSSR count). The van der Waals surface area contributed by atoms with Gasteiger partial charge in [-0.2, -0.15) is 0 Å². The van der Waals surface area contributed by atoms with Crippen LogP contribution in [0.15, 0.2) is 54.6 Å². The van der Waals surface area contributed by atoms with E-state index in [2.05, 4.69) is 5.32 Å². The highest BCUT2D eigenvalue weighted by molar-refractivity contribution is 5.96. The maximum absolute atomic E-state index is 13.2. The van der Waals surface area contributed by atoms with Crippen LogP contribution in [0, 0.1) is 19.7 Å². The quantitative estimate of drug-likeness (QED) is 0.689. The first kappa shape index (κ1) is 19.9. The van der Waals surface area contributed by atoms with E-state index in [9.17, 15) is 14.0 Å². The van der Waals surface area contributed by atoms with Crippen LogP contribution in [-0.2, 0) is 11.3 Å². The lowest BCUT2D eigenvalue weighted by Crippen LogP contribution is -2.24. The predicted molar refractivity (Wildman–Crippen MR) is 114 cm³/mol. The highest BCUT2D eigenvalue weighted by Crippen LogP contribution is 2.23. The third kappa shape index (κ3) is 3.85. The second-order valence-corrected chi connectivity index (χ2v) is 7.59. The predicted octanol–water partition coefficient (Wildman–Crippen LogP) is 4.29. The lowest BCUT2D eigenvalue weighted by atomic mass is 10.1. The molecule has 0 aliphatic carbocycles. The van der Waals surface area contributed by atoms with E-state index >= 15 is 0 Å². The summed E-state index contributed by atoms with van der Waals surface area (Å²) in [5, 5.41) is 2.96. The van der Waals surface area contributed by atoms with Crippen molar-refractivity contribution in [1.29, 1.82) is 0 Å². The molecule has 5 nitrogen and oxygen atoms in total. The summed E-state index contributed by atoms with van der Waals surface area (Å²) in [6.07, 6.45) is 1.50. The van der Waals surface area contributed by atoms with E-state index in [1.807, 2.05) is 48.7 Å². The van der Waals surface area contributed by atoms with Crippen LogP contribution < -0.4 is 10.2 Å². The highest BCUT2D eigenvalue weighted by atomic mass is 19.1. The minimum absolute atomic E-state index is 0.157. The zero-order valence-corrected chi connectivity index (χ0v) is 17.1. The number of anilines is 1. The van der Waals surface area contributed by atoms with Gasteiger partial charge in [-0.05, 0) is 68.3 Å². The monoisotopic (exact) mass is 405 g/mol. The van der Waals surface area contributed by atoms with Gasteiger partial charge in [0.05, 0.1) is 5.56 Å². The van der Waals surface area contributed by atoms with Gasteiger partial charge in [-0.1, -0.05) is 12.1 Å². The molecule has 0 radical (unpaired) electrons. The summed E-state index contributed by atoms with van der Waals surface area (Å²) in [5.41, 5.74) is 4.98. The van der Waals surface area contributed by atoms with Gasteiger partial charge in [-0.3, -0.25) is 9.59 Å². The molecule has 1 aliphatic heterocycles. The number of amides is 2. The molecule has 0 unspecified atom stereocenters. The molecule has 1 aromatic heterocycles. The molecule has 1 N–H and O–H groups in total. The Kier molecular flexibility index (Phi) is 5.40. The van der Waals surface area contributed by atoms with Gasteiger partial charge in [0.15, 0.2) is 0 Å². The molecular formula is C24H24FN3O2. The van der Waals surface area contributed by atoms with Gasteiger partial charge in [0.1, 0.15) is 5.82 Å². The van der Waals surface area contributed by atoms with Crippen molar-refractivity contribution < 1.29 is 14.0 Å². The number of halogens is 1. The van der Waals surface area contributed by atoms with Crippen LogP contribution in [-0.4, -0.2) is 22.9 Å². The Morgan fingerprint density at radius 1 is 1.03 bits per heavy atom. The van der Waals surface area contributed by atoms with Gasteiger partial charge in [0.25, 0.3) is 5.91 Å². The first-order valence-electron chi connectivity index (χ1n) is 10.1. The van der Waals surface area contributed by atoms with Crippen molar-refractivity contribution >= 4 is 17.5 Å². The Morgan fingerprint density at radius 2 is 1.70 bits per heavy atom. The SMILES string of the molecule is Cc1cc(C(=O)NCc2ccc(N3CCCC3=O)cc2)c(C)n1-c1ccc(F)cc1. The fraction of sp³-hybridized carbons (Fsp3) is 0.250. The number of aryl methyl sites for hydroxylation is 1. The van der Waals surface area contributed by atoms with Crippen LogP contribution in [0.2, 0.25) is 0 Å². The second kappa shape index (κ2) is 8.14. The first-order valence-corrected chi connectivity index (χ1v) is 10.1. The molecule has 1 fully saturated rings. The van der Waals surface area contributed by atoms with E-state index in [4.69, 9.17) is 0 Å². The van der Waals surface area contributed by atoms with Crippen molar-refractivity contribution in [2.75, 3.05) is 11.4 Å². The van der Waals surface area contributed by atoms with Crippen LogP contribution in [0.3, 0.4) is 0 Å². The number of nitrogens with one attached hydrogen (secondary N) is 1. The molecule has 154 valence electrons. The number of carbonyl (C=O) groups excluding carboxylic acids is 2. The topological polar surface area (TPSA) is 54.3 Å². The highest BCUT2D eigenvalue weighted by Gasteiger charge is 2.21. The van der Waals surface area contributed by atoms with Crippen molar-refractivity contribution in [2.24, 2.45) is 0 Å². The fourth-order valence-corrected chi connectivity index (χ4v) is 3.97. The first-order chi connectivity index (χ1) is 14.4. The van der Waals surface area contributed by atoms with Crippen molar-refractivity contribution in [1.82, 2.24) is 9.88 Å². The Labute approximate surface area is 175 Å². The molecule has 2 heterocycles. The van der Waals surface area contributed by atoms with E-state index in [-0.39, 0.29) is 17.6 Å². The number of carbonyl (C=O) groups is 2. The maximum Gasteiger partial charge on any atom is 0.253 e. The third-order valence-electron chi connectivity index (χ3n) is 5.54. The summed E-state index contributed by atoms with van der Waals surface area (Å²) >= 11 is 0. The summed E-state index contributed by atoms with van der Waals surface area (Å²) < 4.78 is 15.2. The van der Waals surface area contributed by atoms with Crippen LogP contribution in [0.4, 0.5) is 10.1 Å². The molecule has 6 heteroatoms. The Morgan fingerprint density at radius 3 is 2.33 bits per heavy atom. The van der Waals surface area contributed by atoms with Crippen LogP contribution in [0.1, 0.15) is 40.2 Å². The van der Waals surface area contributed by atoms with Crippen molar-refractivity contribution in [3.8, 4) is 5.69 Å². The molecule has 30 heavy (non-hydrogen) atoms. The minimum Gasteiger partial charge on any atom is -0.348 e. The molecule has 2 amide bonds. The van der Waals surface area contributed by atoms with Gasteiger partial charge in [-0.15, -0.1) is 0 Å². The van der Waals surface area contributed by atoms with Crippen molar-refractivity contribution in [3.63, 3.8) is 0 Å². The van der Waals surface area contributed by atoms with Gasteiger partial charge < -0.3 is 14.8 Å². The molecule has 2 aromatic carbocycles. The molecule has 1 aliphatic rings. The smallest absolute Gasteiger partial charge is 0.253 e. The van der Waals surface area contributed by atoms with Crippen molar-refractivity contribution in [3.05, 3.63) is 82.9 Å². The molecular weight excluding hydrogens is 381 g/mol. The average Bonchev–Trinajstić information content (AvgIpc) is 3.30. The van der Waals surface area contributed by atoms with Gasteiger partial charge >= 0.3 is 0 Å². The van der Waals surface area contributed by atoms with Gasteiger partial charge in [-0.25, -0.2) is 4.39 Å². The number of benzene rings is 2. The van der Waals surface area contributed by atoms with E-state index in [0.717, 1.165) is 41.3 Å². The minimum atomic E-state index is -0.292. The summed E-state index contributed by atoms with van der Waals surface area (Å²) in [5.74, 6) is -0.290. The molecule has 0 atom stereocenters. The molecule has 0 saturated carbocycles. The van der Waals surface area contributed by atoms with Crippen LogP contribution >= 0.6 is 0 Å². The Bertz CT molecular complexity index is 1080. The Balaban J connectivity index is 1.45. The van der Waals surface area contributed by atoms with E-state index in [1.165, 1.54) is 12.1 Å². The average molecular weight is 405 g/mol. The zero-order chi connectivity index (χ0) is 21.3. The molecule has 3 aromatic rings. The zero-order valence-electron chi connectivity index (χ0n) is 17.1. The Hall–Kier alpha value is -3.41. The van der Waals surface area contributed by atoms with E-state index in [1.54, 1.807) is 17.0 Å². The van der Waals surface area contributed by atoms with E-state index in [0.29, 0.717) is 18.5 Å². The summed E-state index contributed by atoms with van der Waals surface area (Å²) in [6.45, 7) is 4.96. The summed E-state index contributed by atoms with van der Waals surface area (Å²) in [6, 6.07) is 15.8. The van der Waals surface area contributed by atoms with Gasteiger partial charge in [0.2, 0.25) is 5.91 Å². The number of hydrogen-bond acceptors (Lipinski definition) is 2. The molecule has 0 bridgehead atoms. The number of nitrogens with zero attached hydrogens (tertiary/aromatic N) is 2. The maximum atomic E-state index is 13.2. The lowest BCUT2D eigenvalue weighted by Gasteiger charge is -2.16. The number of rotatable bonds is 5. The lowest BCUT2D eigenvalue weighted by molar-refractivity contribution is -0.117. The number of hydrogen-bond donors (Lipinski definition) is 1. The van der Waals surface area contributed by atoms with Gasteiger partial charge in [0, 0.05) is 42.3 Å².